The number of ether oxygens (including phenoxy) is 1. The number of benzene rings is 2. The number of hydrogen-bond acceptors (Lipinski definition) is 3. The van der Waals surface area contributed by atoms with Gasteiger partial charge >= 0.3 is 0 Å². The third-order valence-corrected chi connectivity index (χ3v) is 2.79. The minimum Gasteiger partial charge on any atom is -0.456 e. The number of aliphatic hydroxyl groups excluding tert-OH is 2. The van der Waals surface area contributed by atoms with Gasteiger partial charge in [-0.05, 0) is 25.1 Å². The molecule has 0 fully saturated rings. The van der Waals surface area contributed by atoms with E-state index < -0.39 is 11.9 Å². The first kappa shape index (κ1) is 13.5. The molecule has 4 heteroatoms. The van der Waals surface area contributed by atoms with Crippen LogP contribution in [0.5, 0.6) is 11.5 Å². The maximum Gasteiger partial charge on any atom is 0.136 e. The first-order valence-corrected chi connectivity index (χ1v) is 5.96. The molecule has 0 aliphatic rings. The molecule has 0 aromatic heterocycles. The van der Waals surface area contributed by atoms with Gasteiger partial charge in [0.25, 0.3) is 0 Å². The van der Waals surface area contributed by atoms with Crippen molar-refractivity contribution in [2.75, 3.05) is 0 Å². The van der Waals surface area contributed by atoms with Crippen LogP contribution in [-0.4, -0.2) is 10.2 Å². The number of hydrogen-bond donors (Lipinski definition) is 2. The molecule has 2 N–H and O–H groups in total. The van der Waals surface area contributed by atoms with Crippen LogP contribution < -0.4 is 4.74 Å². The molecule has 0 aliphatic carbocycles. The Morgan fingerprint density at radius 1 is 1.11 bits per heavy atom. The van der Waals surface area contributed by atoms with Crippen molar-refractivity contribution in [3.63, 3.8) is 0 Å². The van der Waals surface area contributed by atoms with Gasteiger partial charge in [0.15, 0.2) is 0 Å². The van der Waals surface area contributed by atoms with Gasteiger partial charge in [0.2, 0.25) is 0 Å². The summed E-state index contributed by atoms with van der Waals surface area (Å²) in [6.45, 7) is 1.30. The number of rotatable bonds is 4. The van der Waals surface area contributed by atoms with Crippen LogP contribution in [0.3, 0.4) is 0 Å². The molecule has 0 aliphatic heterocycles. The zero-order valence-electron chi connectivity index (χ0n) is 10.5. The van der Waals surface area contributed by atoms with Crippen LogP contribution in [0.1, 0.15) is 24.2 Å². The van der Waals surface area contributed by atoms with Crippen LogP contribution in [0, 0.1) is 5.82 Å². The van der Waals surface area contributed by atoms with Gasteiger partial charge in [-0.1, -0.05) is 24.3 Å². The van der Waals surface area contributed by atoms with Crippen molar-refractivity contribution in [2.24, 2.45) is 0 Å². The van der Waals surface area contributed by atoms with Crippen LogP contribution in [-0.2, 0) is 6.61 Å². The number of para-hydroxylation sites is 1. The molecule has 2 rings (SSSR count). The SMILES string of the molecule is C[C@H](O)c1c(F)cccc1Oc1ccccc1CO. The van der Waals surface area contributed by atoms with Gasteiger partial charge in [-0.3, -0.25) is 0 Å². The lowest BCUT2D eigenvalue weighted by Crippen LogP contribution is -2.01. The maximum absolute atomic E-state index is 13.7. The summed E-state index contributed by atoms with van der Waals surface area (Å²) in [5, 5.41) is 18.8. The van der Waals surface area contributed by atoms with Crippen LogP contribution >= 0.6 is 0 Å². The van der Waals surface area contributed by atoms with Crippen molar-refractivity contribution < 1.29 is 19.3 Å². The Labute approximate surface area is 110 Å². The van der Waals surface area contributed by atoms with E-state index in [0.717, 1.165) is 0 Å². The molecule has 1 atom stereocenters. The molecule has 2 aromatic carbocycles. The second-order valence-electron chi connectivity index (χ2n) is 4.20. The molecule has 0 heterocycles. The van der Waals surface area contributed by atoms with E-state index >= 15 is 0 Å². The van der Waals surface area contributed by atoms with Gasteiger partial charge in [-0.15, -0.1) is 0 Å². The molecule has 0 bridgehead atoms. The standard InChI is InChI=1S/C15H15FO3/c1-10(18)15-12(16)6-4-8-14(15)19-13-7-3-2-5-11(13)9-17/h2-8,10,17-18H,9H2,1H3/t10-/m0/s1. The molecule has 100 valence electrons. The van der Waals surface area contributed by atoms with E-state index in [1.54, 1.807) is 30.3 Å². The molecule has 19 heavy (non-hydrogen) atoms. The van der Waals surface area contributed by atoms with Crippen molar-refractivity contribution in [1.29, 1.82) is 0 Å². The second-order valence-corrected chi connectivity index (χ2v) is 4.20. The number of aliphatic hydroxyl groups is 2. The van der Waals surface area contributed by atoms with Gasteiger partial charge < -0.3 is 14.9 Å². The number of halogens is 1. The van der Waals surface area contributed by atoms with Crippen LogP contribution in [0.15, 0.2) is 42.5 Å². The predicted molar refractivity (Wildman–Crippen MR) is 69.5 cm³/mol. The minimum absolute atomic E-state index is 0.107. The fraction of sp³-hybridized carbons (Fsp3) is 0.200. The highest BCUT2D eigenvalue weighted by Crippen LogP contribution is 2.33. The van der Waals surface area contributed by atoms with E-state index in [0.29, 0.717) is 11.3 Å². The Hall–Kier alpha value is -1.91. The normalized spacial score (nSPS) is 12.2. The Kier molecular flexibility index (Phi) is 4.14. The second kappa shape index (κ2) is 5.82. The predicted octanol–water partition coefficient (Wildman–Crippen LogP) is 3.16. The lowest BCUT2D eigenvalue weighted by Gasteiger charge is -2.15. The minimum atomic E-state index is -0.975. The van der Waals surface area contributed by atoms with Gasteiger partial charge in [0.1, 0.15) is 17.3 Å². The highest BCUT2D eigenvalue weighted by molar-refractivity contribution is 5.42. The molecule has 0 radical (unpaired) electrons. The molecule has 0 saturated carbocycles. The first-order chi connectivity index (χ1) is 9.13. The fourth-order valence-electron chi connectivity index (χ4n) is 1.86. The van der Waals surface area contributed by atoms with Crippen molar-refractivity contribution in [3.8, 4) is 11.5 Å². The Balaban J connectivity index is 2.41. The highest BCUT2D eigenvalue weighted by Gasteiger charge is 2.16. The summed E-state index contributed by atoms with van der Waals surface area (Å²) in [6.07, 6.45) is -0.975. The van der Waals surface area contributed by atoms with E-state index in [1.165, 1.54) is 19.1 Å². The van der Waals surface area contributed by atoms with Gasteiger partial charge in [0.05, 0.1) is 18.3 Å². The van der Waals surface area contributed by atoms with Crippen LogP contribution in [0.2, 0.25) is 0 Å². The summed E-state index contributed by atoms with van der Waals surface area (Å²) in [5.74, 6) is 0.169. The van der Waals surface area contributed by atoms with Crippen molar-refractivity contribution in [3.05, 3.63) is 59.4 Å². The molecule has 2 aromatic rings. The molecule has 0 saturated heterocycles. The Morgan fingerprint density at radius 3 is 2.47 bits per heavy atom. The van der Waals surface area contributed by atoms with Gasteiger partial charge in [0, 0.05) is 5.56 Å². The quantitative estimate of drug-likeness (QED) is 0.889. The summed E-state index contributed by atoms with van der Waals surface area (Å²) < 4.78 is 19.3. The largest absolute Gasteiger partial charge is 0.456 e. The molecule has 3 nitrogen and oxygen atoms in total. The smallest absolute Gasteiger partial charge is 0.136 e. The van der Waals surface area contributed by atoms with E-state index in [4.69, 9.17) is 4.74 Å². The molecular formula is C15H15FO3. The van der Waals surface area contributed by atoms with Crippen molar-refractivity contribution in [2.45, 2.75) is 19.6 Å². The van der Waals surface area contributed by atoms with Gasteiger partial charge in [-0.2, -0.15) is 0 Å². The van der Waals surface area contributed by atoms with Crippen molar-refractivity contribution in [1.82, 2.24) is 0 Å². The van der Waals surface area contributed by atoms with E-state index in [-0.39, 0.29) is 17.9 Å². The van der Waals surface area contributed by atoms with Gasteiger partial charge in [-0.25, -0.2) is 4.39 Å². The summed E-state index contributed by atoms with van der Waals surface area (Å²) in [6, 6.07) is 11.3. The first-order valence-electron chi connectivity index (χ1n) is 5.96. The summed E-state index contributed by atoms with van der Waals surface area (Å²) in [7, 11) is 0. The molecular weight excluding hydrogens is 247 g/mol. The highest BCUT2D eigenvalue weighted by atomic mass is 19.1. The topological polar surface area (TPSA) is 49.7 Å². The Bertz CT molecular complexity index is 567. The fourth-order valence-corrected chi connectivity index (χ4v) is 1.86. The average molecular weight is 262 g/mol. The summed E-state index contributed by atoms with van der Waals surface area (Å²) in [5.41, 5.74) is 0.707. The molecule has 0 spiro atoms. The molecule has 0 unspecified atom stereocenters. The van der Waals surface area contributed by atoms with Crippen LogP contribution in [0.4, 0.5) is 4.39 Å². The van der Waals surface area contributed by atoms with Crippen LogP contribution in [0.25, 0.3) is 0 Å². The summed E-state index contributed by atoms with van der Waals surface area (Å²) in [4.78, 5) is 0. The molecule has 0 amide bonds. The third-order valence-electron chi connectivity index (χ3n) is 2.79. The van der Waals surface area contributed by atoms with E-state index in [1.807, 2.05) is 0 Å². The monoisotopic (exact) mass is 262 g/mol. The Morgan fingerprint density at radius 2 is 1.79 bits per heavy atom. The zero-order chi connectivity index (χ0) is 13.8. The summed E-state index contributed by atoms with van der Waals surface area (Å²) >= 11 is 0. The third kappa shape index (κ3) is 2.92. The van der Waals surface area contributed by atoms with E-state index in [9.17, 15) is 14.6 Å². The van der Waals surface area contributed by atoms with Crippen molar-refractivity contribution >= 4 is 0 Å². The zero-order valence-corrected chi connectivity index (χ0v) is 10.5. The lowest BCUT2D eigenvalue weighted by molar-refractivity contribution is 0.190. The van der Waals surface area contributed by atoms with E-state index in [2.05, 4.69) is 0 Å². The average Bonchev–Trinajstić information content (AvgIpc) is 2.39. The lowest BCUT2D eigenvalue weighted by atomic mass is 10.1. The maximum atomic E-state index is 13.7.